The fraction of sp³-hybridized carbons (Fsp3) is 0. The topological polar surface area (TPSA) is 68.1 Å². The zero-order chi connectivity index (χ0) is 13.6. The van der Waals surface area contributed by atoms with Gasteiger partial charge in [-0.1, -0.05) is 35.0 Å². The molecule has 5 nitrogen and oxygen atoms in total. The molecular formula is C11H5Cl2N3O2S. The predicted octanol–water partition coefficient (Wildman–Crippen LogP) is 4.50. The highest BCUT2D eigenvalue weighted by atomic mass is 35.5. The van der Waals surface area contributed by atoms with E-state index in [1.54, 1.807) is 12.1 Å². The Labute approximate surface area is 122 Å². The van der Waals surface area contributed by atoms with E-state index >= 15 is 0 Å². The first-order chi connectivity index (χ1) is 9.06. The maximum atomic E-state index is 10.7. The predicted molar refractivity (Wildman–Crippen MR) is 74.8 cm³/mol. The van der Waals surface area contributed by atoms with E-state index in [4.69, 9.17) is 23.2 Å². The fourth-order valence-electron chi connectivity index (χ4n) is 1.68. The van der Waals surface area contributed by atoms with Crippen LogP contribution < -0.4 is 5.32 Å². The van der Waals surface area contributed by atoms with Gasteiger partial charge in [0.1, 0.15) is 12.0 Å². The van der Waals surface area contributed by atoms with Crippen LogP contribution in [0.3, 0.4) is 0 Å². The average molecular weight is 314 g/mol. The molecule has 0 atom stereocenters. The number of fused-ring (bicyclic) bond motifs is 2. The molecule has 1 aromatic heterocycles. The molecule has 0 aliphatic carbocycles. The number of nitrogens with one attached hydrogen (secondary N) is 1. The van der Waals surface area contributed by atoms with E-state index in [1.165, 1.54) is 24.0 Å². The molecule has 1 aromatic carbocycles. The van der Waals surface area contributed by atoms with E-state index in [9.17, 15) is 10.1 Å². The highest BCUT2D eigenvalue weighted by Gasteiger charge is 2.23. The number of halogens is 2. The van der Waals surface area contributed by atoms with Crippen LogP contribution in [0.4, 0.5) is 17.2 Å². The lowest BCUT2D eigenvalue weighted by Gasteiger charge is -2.21. The maximum Gasteiger partial charge on any atom is 0.288 e. The lowest BCUT2D eigenvalue weighted by atomic mass is 10.3. The van der Waals surface area contributed by atoms with Crippen LogP contribution in [0.25, 0.3) is 0 Å². The summed E-state index contributed by atoms with van der Waals surface area (Å²) < 4.78 is 0. The molecule has 0 spiro atoms. The first kappa shape index (κ1) is 12.5. The summed E-state index contributed by atoms with van der Waals surface area (Å²) >= 11 is 13.5. The van der Waals surface area contributed by atoms with Crippen LogP contribution in [0.1, 0.15) is 0 Å². The highest BCUT2D eigenvalue weighted by Crippen LogP contribution is 2.49. The van der Waals surface area contributed by atoms with Gasteiger partial charge in [0, 0.05) is 6.07 Å². The molecule has 1 aliphatic rings. The Bertz CT molecular complexity index is 709. The molecule has 2 heterocycles. The lowest BCUT2D eigenvalue weighted by Crippen LogP contribution is -2.04. The van der Waals surface area contributed by atoms with Crippen molar-refractivity contribution in [3.05, 3.63) is 44.6 Å². The molecule has 0 radical (unpaired) electrons. The van der Waals surface area contributed by atoms with E-state index in [-0.39, 0.29) is 5.69 Å². The summed E-state index contributed by atoms with van der Waals surface area (Å²) in [7, 11) is 0. The van der Waals surface area contributed by atoms with Gasteiger partial charge in [0.05, 0.1) is 30.4 Å². The Hall–Kier alpha value is -1.50. The SMILES string of the molecule is O=[N+]([O-])c1cnc2c(c1)Sc1c(Cl)ccc(Cl)c1N2. The van der Waals surface area contributed by atoms with Gasteiger partial charge in [-0.3, -0.25) is 10.1 Å². The van der Waals surface area contributed by atoms with Crippen LogP contribution in [-0.4, -0.2) is 9.91 Å². The van der Waals surface area contributed by atoms with Crippen molar-refractivity contribution in [3.63, 3.8) is 0 Å². The summed E-state index contributed by atoms with van der Waals surface area (Å²) in [4.78, 5) is 15.7. The van der Waals surface area contributed by atoms with Crippen LogP contribution in [0.5, 0.6) is 0 Å². The third-order valence-corrected chi connectivity index (χ3v) is 4.46. The van der Waals surface area contributed by atoms with Crippen molar-refractivity contribution >= 4 is 52.2 Å². The summed E-state index contributed by atoms with van der Waals surface area (Å²) in [6.07, 6.45) is 1.20. The first-order valence-corrected chi connectivity index (χ1v) is 6.71. The Morgan fingerprint density at radius 2 is 2.05 bits per heavy atom. The van der Waals surface area contributed by atoms with Gasteiger partial charge in [0.15, 0.2) is 0 Å². The molecule has 1 N–H and O–H groups in total. The van der Waals surface area contributed by atoms with Crippen molar-refractivity contribution in [2.75, 3.05) is 5.32 Å². The monoisotopic (exact) mass is 313 g/mol. The number of anilines is 2. The van der Waals surface area contributed by atoms with Crippen LogP contribution in [0, 0.1) is 10.1 Å². The third kappa shape index (κ3) is 2.11. The van der Waals surface area contributed by atoms with E-state index in [0.717, 1.165) is 4.90 Å². The van der Waals surface area contributed by atoms with Gasteiger partial charge < -0.3 is 5.32 Å². The van der Waals surface area contributed by atoms with Gasteiger partial charge in [0.2, 0.25) is 0 Å². The second-order valence-electron chi connectivity index (χ2n) is 3.76. The van der Waals surface area contributed by atoms with Gasteiger partial charge in [0.25, 0.3) is 5.69 Å². The normalized spacial score (nSPS) is 12.3. The Balaban J connectivity index is 2.12. The lowest BCUT2D eigenvalue weighted by molar-refractivity contribution is -0.385. The zero-order valence-corrected chi connectivity index (χ0v) is 11.5. The number of hydrogen-bond acceptors (Lipinski definition) is 5. The largest absolute Gasteiger partial charge is 0.337 e. The highest BCUT2D eigenvalue weighted by molar-refractivity contribution is 7.99. The maximum absolute atomic E-state index is 10.7. The number of nitro groups is 1. The number of benzene rings is 1. The molecule has 1 aliphatic heterocycles. The molecule has 0 saturated carbocycles. The molecule has 2 aromatic rings. The second-order valence-corrected chi connectivity index (χ2v) is 5.62. The van der Waals surface area contributed by atoms with E-state index in [0.29, 0.717) is 26.4 Å². The summed E-state index contributed by atoms with van der Waals surface area (Å²) in [6.45, 7) is 0. The van der Waals surface area contributed by atoms with Gasteiger partial charge >= 0.3 is 0 Å². The van der Waals surface area contributed by atoms with Crippen LogP contribution in [0.2, 0.25) is 10.0 Å². The van der Waals surface area contributed by atoms with Gasteiger partial charge in [-0.2, -0.15) is 0 Å². The molecule has 3 rings (SSSR count). The minimum absolute atomic E-state index is 0.0605. The minimum Gasteiger partial charge on any atom is -0.337 e. The molecule has 0 saturated heterocycles. The Morgan fingerprint density at radius 1 is 1.32 bits per heavy atom. The summed E-state index contributed by atoms with van der Waals surface area (Å²) in [5.74, 6) is 0.535. The van der Waals surface area contributed by atoms with E-state index in [2.05, 4.69) is 10.3 Å². The van der Waals surface area contributed by atoms with Gasteiger partial charge in [-0.25, -0.2) is 4.98 Å². The molecule has 0 fully saturated rings. The smallest absolute Gasteiger partial charge is 0.288 e. The van der Waals surface area contributed by atoms with Crippen molar-refractivity contribution in [2.24, 2.45) is 0 Å². The standard InChI is InChI=1S/C11H5Cl2N3O2S/c12-6-1-2-7(13)10-9(6)15-11-8(19-10)3-5(4-14-11)16(17)18/h1-4H,(H,14,15). The quantitative estimate of drug-likeness (QED) is 0.529. The third-order valence-electron chi connectivity index (χ3n) is 2.56. The number of hydrogen-bond donors (Lipinski definition) is 1. The van der Waals surface area contributed by atoms with Crippen molar-refractivity contribution in [3.8, 4) is 0 Å². The number of nitrogens with zero attached hydrogens (tertiary/aromatic N) is 2. The Morgan fingerprint density at radius 3 is 2.79 bits per heavy atom. The molecule has 0 amide bonds. The minimum atomic E-state index is -0.483. The van der Waals surface area contributed by atoms with Crippen LogP contribution >= 0.6 is 35.0 Å². The number of aromatic nitrogens is 1. The van der Waals surface area contributed by atoms with Crippen molar-refractivity contribution in [2.45, 2.75) is 9.79 Å². The van der Waals surface area contributed by atoms with Gasteiger partial charge in [-0.15, -0.1) is 0 Å². The summed E-state index contributed by atoms with van der Waals surface area (Å²) in [5, 5.41) is 14.8. The molecule has 19 heavy (non-hydrogen) atoms. The second kappa shape index (κ2) is 4.56. The van der Waals surface area contributed by atoms with Crippen LogP contribution in [0.15, 0.2) is 34.2 Å². The molecule has 96 valence electrons. The molecule has 0 unspecified atom stereocenters. The number of pyridine rings is 1. The zero-order valence-electron chi connectivity index (χ0n) is 9.18. The summed E-state index contributed by atoms with van der Waals surface area (Å²) in [6, 6.07) is 4.83. The van der Waals surface area contributed by atoms with E-state index in [1.807, 2.05) is 0 Å². The number of rotatable bonds is 1. The van der Waals surface area contributed by atoms with E-state index < -0.39 is 4.92 Å². The molecular weight excluding hydrogens is 309 g/mol. The fourth-order valence-corrected chi connectivity index (χ4v) is 3.25. The first-order valence-electron chi connectivity index (χ1n) is 5.13. The average Bonchev–Trinajstić information content (AvgIpc) is 2.41. The van der Waals surface area contributed by atoms with Crippen molar-refractivity contribution < 1.29 is 4.92 Å². The molecule has 8 heteroatoms. The summed E-state index contributed by atoms with van der Waals surface area (Å²) in [5.41, 5.74) is 0.614. The molecule has 0 bridgehead atoms. The van der Waals surface area contributed by atoms with Crippen molar-refractivity contribution in [1.29, 1.82) is 0 Å². The van der Waals surface area contributed by atoms with Crippen LogP contribution in [-0.2, 0) is 0 Å². The van der Waals surface area contributed by atoms with Crippen molar-refractivity contribution in [1.82, 2.24) is 4.98 Å². The van der Waals surface area contributed by atoms with Gasteiger partial charge in [-0.05, 0) is 12.1 Å². The Kier molecular flexibility index (Phi) is 3.00.